The van der Waals surface area contributed by atoms with Crippen LogP contribution < -0.4 is 5.84 Å². The second-order valence-corrected chi connectivity index (χ2v) is 6.02. The molecule has 0 saturated carbocycles. The molecule has 114 valence electrons. The molecule has 4 nitrogen and oxygen atoms in total. The summed E-state index contributed by atoms with van der Waals surface area (Å²) < 4.78 is 40.3. The van der Waals surface area contributed by atoms with Crippen LogP contribution in [0, 0.1) is 0 Å². The largest absolute Gasteiger partial charge is 0.524 e. The van der Waals surface area contributed by atoms with Gasteiger partial charge in [0, 0.05) is 12.0 Å². The SMILES string of the molecule is CC(C)(C)N(N)C(=O)C1=CCC(Cl)(OC(F)(F)F)C=C1. The summed E-state index contributed by atoms with van der Waals surface area (Å²) in [5, 5.41) is -1.02. The van der Waals surface area contributed by atoms with Crippen LogP contribution in [0.15, 0.2) is 23.8 Å². The first kappa shape index (κ1) is 17.0. The van der Waals surface area contributed by atoms with E-state index in [1.54, 1.807) is 20.8 Å². The third-order valence-corrected chi connectivity index (χ3v) is 2.94. The molecular formula is C12H16ClF3N2O2. The van der Waals surface area contributed by atoms with Crippen molar-refractivity contribution in [3.05, 3.63) is 23.8 Å². The molecule has 1 unspecified atom stereocenters. The van der Waals surface area contributed by atoms with Gasteiger partial charge in [0.25, 0.3) is 5.91 Å². The van der Waals surface area contributed by atoms with Gasteiger partial charge in [-0.1, -0.05) is 17.7 Å². The van der Waals surface area contributed by atoms with Gasteiger partial charge in [-0.25, -0.2) is 5.84 Å². The Labute approximate surface area is 120 Å². The van der Waals surface area contributed by atoms with E-state index >= 15 is 0 Å². The second kappa shape index (κ2) is 5.38. The summed E-state index contributed by atoms with van der Waals surface area (Å²) in [7, 11) is 0. The third kappa shape index (κ3) is 4.50. The van der Waals surface area contributed by atoms with E-state index in [9.17, 15) is 18.0 Å². The zero-order valence-corrected chi connectivity index (χ0v) is 12.0. The van der Waals surface area contributed by atoms with E-state index in [4.69, 9.17) is 17.4 Å². The molecule has 1 amide bonds. The maximum absolute atomic E-state index is 12.2. The molecule has 0 saturated heterocycles. The summed E-state index contributed by atoms with van der Waals surface area (Å²) in [6.07, 6.45) is -1.70. The Balaban J connectivity index is 2.80. The molecule has 1 rings (SSSR count). The van der Waals surface area contributed by atoms with Crippen molar-refractivity contribution in [3.63, 3.8) is 0 Å². The Hall–Kier alpha value is -1.05. The lowest BCUT2D eigenvalue weighted by molar-refractivity contribution is -0.344. The smallest absolute Gasteiger partial charge is 0.271 e. The second-order valence-electron chi connectivity index (χ2n) is 5.38. The molecule has 0 radical (unpaired) electrons. The van der Waals surface area contributed by atoms with Crippen molar-refractivity contribution in [2.45, 2.75) is 44.2 Å². The maximum Gasteiger partial charge on any atom is 0.524 e. The van der Waals surface area contributed by atoms with Crippen molar-refractivity contribution in [1.82, 2.24) is 5.01 Å². The fourth-order valence-corrected chi connectivity index (χ4v) is 1.70. The predicted molar refractivity (Wildman–Crippen MR) is 68.4 cm³/mol. The Morgan fingerprint density at radius 1 is 1.45 bits per heavy atom. The molecule has 0 aliphatic heterocycles. The summed E-state index contributed by atoms with van der Waals surface area (Å²) in [4.78, 5) is 12.0. The van der Waals surface area contributed by atoms with Crippen molar-refractivity contribution in [1.29, 1.82) is 0 Å². The number of hydrazine groups is 1. The number of nitrogens with zero attached hydrogens (tertiary/aromatic N) is 1. The lowest BCUT2D eigenvalue weighted by Crippen LogP contribution is -2.51. The number of hydrogen-bond donors (Lipinski definition) is 1. The van der Waals surface area contributed by atoms with Gasteiger partial charge in [0.15, 0.2) is 5.06 Å². The minimum Gasteiger partial charge on any atom is -0.271 e. The van der Waals surface area contributed by atoms with Crippen molar-refractivity contribution in [2.24, 2.45) is 5.84 Å². The Morgan fingerprint density at radius 2 is 2.00 bits per heavy atom. The molecule has 8 heteroatoms. The van der Waals surface area contributed by atoms with Gasteiger partial charge in [0.2, 0.25) is 0 Å². The number of alkyl halides is 4. The van der Waals surface area contributed by atoms with Crippen LogP contribution in [0.25, 0.3) is 0 Å². The van der Waals surface area contributed by atoms with Crippen molar-refractivity contribution in [3.8, 4) is 0 Å². The van der Waals surface area contributed by atoms with Gasteiger partial charge in [-0.3, -0.25) is 14.5 Å². The fourth-order valence-electron chi connectivity index (χ4n) is 1.47. The predicted octanol–water partition coefficient (Wildman–Crippen LogP) is 2.85. The number of halogens is 4. The molecular weight excluding hydrogens is 297 g/mol. The highest BCUT2D eigenvalue weighted by Crippen LogP contribution is 2.35. The molecule has 0 aromatic rings. The summed E-state index contributed by atoms with van der Waals surface area (Å²) in [6.45, 7) is 5.20. The molecule has 0 aromatic carbocycles. The summed E-state index contributed by atoms with van der Waals surface area (Å²) in [5.74, 6) is 5.16. The van der Waals surface area contributed by atoms with E-state index in [0.717, 1.165) is 11.1 Å². The quantitative estimate of drug-likeness (QED) is 0.369. The van der Waals surface area contributed by atoms with Crippen LogP contribution in [0.2, 0.25) is 0 Å². The number of hydrogen-bond acceptors (Lipinski definition) is 3. The van der Waals surface area contributed by atoms with E-state index in [-0.39, 0.29) is 12.0 Å². The van der Waals surface area contributed by atoms with Crippen LogP contribution in [-0.2, 0) is 9.53 Å². The van der Waals surface area contributed by atoms with E-state index in [1.807, 2.05) is 0 Å². The molecule has 0 aromatic heterocycles. The monoisotopic (exact) mass is 312 g/mol. The normalized spacial score (nSPS) is 23.5. The van der Waals surface area contributed by atoms with Gasteiger partial charge in [0.1, 0.15) is 0 Å². The molecule has 1 atom stereocenters. The van der Waals surface area contributed by atoms with E-state index < -0.39 is 22.9 Å². The third-order valence-electron chi connectivity index (χ3n) is 2.59. The van der Waals surface area contributed by atoms with Gasteiger partial charge >= 0.3 is 6.36 Å². The molecule has 0 bridgehead atoms. The summed E-state index contributed by atoms with van der Waals surface area (Å²) >= 11 is 5.67. The molecule has 0 fully saturated rings. The van der Waals surface area contributed by atoms with Gasteiger partial charge in [-0.05, 0) is 32.9 Å². The minimum absolute atomic E-state index is 0.171. The van der Waals surface area contributed by atoms with E-state index in [2.05, 4.69) is 4.74 Å². The zero-order valence-electron chi connectivity index (χ0n) is 11.3. The van der Waals surface area contributed by atoms with Crippen LogP contribution in [0.3, 0.4) is 0 Å². The highest BCUT2D eigenvalue weighted by molar-refractivity contribution is 6.24. The number of rotatable bonds is 2. The lowest BCUT2D eigenvalue weighted by Gasteiger charge is -2.32. The van der Waals surface area contributed by atoms with Gasteiger partial charge < -0.3 is 0 Å². The highest BCUT2D eigenvalue weighted by atomic mass is 35.5. The standard InChI is InChI=1S/C12H16ClF3N2O2/c1-10(2,3)18(17)9(19)8-4-6-11(13,7-5-8)20-12(14,15)16/h4-6H,7,17H2,1-3H3. The summed E-state index contributed by atoms with van der Waals surface area (Å²) in [6, 6.07) is 0. The molecule has 1 aliphatic rings. The summed E-state index contributed by atoms with van der Waals surface area (Å²) in [5.41, 5.74) is -0.437. The van der Waals surface area contributed by atoms with E-state index in [1.165, 1.54) is 12.2 Å². The molecule has 1 aliphatic carbocycles. The zero-order chi connectivity index (χ0) is 15.8. The van der Waals surface area contributed by atoms with Gasteiger partial charge in [0.05, 0.1) is 5.54 Å². The molecule has 20 heavy (non-hydrogen) atoms. The van der Waals surface area contributed by atoms with Crippen LogP contribution in [0.4, 0.5) is 13.2 Å². The van der Waals surface area contributed by atoms with Crippen LogP contribution in [0.1, 0.15) is 27.2 Å². The first-order valence-corrected chi connectivity index (χ1v) is 6.16. The Kier molecular flexibility index (Phi) is 4.58. The van der Waals surface area contributed by atoms with E-state index in [0.29, 0.717) is 0 Å². The van der Waals surface area contributed by atoms with Crippen LogP contribution >= 0.6 is 11.6 Å². The number of carbonyl (C=O) groups excluding carboxylic acids is 1. The average molecular weight is 313 g/mol. The van der Waals surface area contributed by atoms with Crippen LogP contribution in [0.5, 0.6) is 0 Å². The molecule has 2 N–H and O–H groups in total. The first-order valence-electron chi connectivity index (χ1n) is 5.78. The van der Waals surface area contributed by atoms with Gasteiger partial charge in [-0.15, -0.1) is 13.2 Å². The van der Waals surface area contributed by atoms with Crippen molar-refractivity contribution < 1.29 is 22.7 Å². The highest BCUT2D eigenvalue weighted by Gasteiger charge is 2.42. The van der Waals surface area contributed by atoms with Crippen LogP contribution in [-0.4, -0.2) is 27.9 Å². The number of nitrogens with two attached hydrogens (primary N) is 1. The van der Waals surface area contributed by atoms with Crippen molar-refractivity contribution >= 4 is 17.5 Å². The van der Waals surface area contributed by atoms with Crippen molar-refractivity contribution in [2.75, 3.05) is 0 Å². The molecule has 0 spiro atoms. The minimum atomic E-state index is -4.85. The fraction of sp³-hybridized carbons (Fsp3) is 0.583. The average Bonchev–Trinajstić information content (AvgIpc) is 2.24. The lowest BCUT2D eigenvalue weighted by atomic mass is 10.0. The maximum atomic E-state index is 12.2. The number of amides is 1. The number of carbonyl (C=O) groups is 1. The first-order chi connectivity index (χ1) is 8.84. The topological polar surface area (TPSA) is 55.6 Å². The molecule has 0 heterocycles. The Bertz CT molecular complexity index is 455. The van der Waals surface area contributed by atoms with Gasteiger partial charge in [-0.2, -0.15) is 0 Å². The number of ether oxygens (including phenoxy) is 1. The Morgan fingerprint density at radius 3 is 2.35 bits per heavy atom.